The molecule has 2 aromatic heterocycles. The van der Waals surface area contributed by atoms with Gasteiger partial charge in [0.25, 0.3) is 0 Å². The molecule has 0 saturated carbocycles. The predicted octanol–water partition coefficient (Wildman–Crippen LogP) is 2.29. The van der Waals surface area contributed by atoms with Gasteiger partial charge in [-0.05, 0) is 43.8 Å². The van der Waals surface area contributed by atoms with Crippen LogP contribution in [-0.4, -0.2) is 39.7 Å². The molecule has 22 heavy (non-hydrogen) atoms. The summed E-state index contributed by atoms with van der Waals surface area (Å²) in [6, 6.07) is 6.51. The van der Waals surface area contributed by atoms with Gasteiger partial charge in [-0.1, -0.05) is 6.07 Å². The summed E-state index contributed by atoms with van der Waals surface area (Å²) in [7, 11) is 0. The summed E-state index contributed by atoms with van der Waals surface area (Å²) in [6.45, 7) is 4.37. The number of hydrogen-bond donors (Lipinski definition) is 1. The summed E-state index contributed by atoms with van der Waals surface area (Å²) in [6.07, 6.45) is 6.07. The number of likely N-dealkylation sites (tertiary alicyclic amines) is 1. The molecule has 0 radical (unpaired) electrons. The van der Waals surface area contributed by atoms with Gasteiger partial charge in [0.15, 0.2) is 0 Å². The van der Waals surface area contributed by atoms with Gasteiger partial charge in [-0.15, -0.1) is 11.3 Å². The quantitative estimate of drug-likeness (QED) is 0.889. The van der Waals surface area contributed by atoms with Crippen molar-refractivity contribution in [3.63, 3.8) is 0 Å². The first-order valence-electron chi connectivity index (χ1n) is 7.76. The molecular weight excluding hydrogens is 296 g/mol. The second-order valence-corrected chi connectivity index (χ2v) is 6.78. The number of nitrogens with zero attached hydrogens (tertiary/aromatic N) is 3. The van der Waals surface area contributed by atoms with Crippen molar-refractivity contribution in [3.8, 4) is 0 Å². The second-order valence-electron chi connectivity index (χ2n) is 5.80. The van der Waals surface area contributed by atoms with Gasteiger partial charge in [-0.2, -0.15) is 5.10 Å². The summed E-state index contributed by atoms with van der Waals surface area (Å²) in [5.41, 5.74) is 0. The predicted molar refractivity (Wildman–Crippen MR) is 87.7 cm³/mol. The maximum absolute atomic E-state index is 12.3. The average Bonchev–Trinajstić information content (AvgIpc) is 3.22. The molecule has 5 nitrogen and oxygen atoms in total. The molecule has 3 heterocycles. The summed E-state index contributed by atoms with van der Waals surface area (Å²) in [5.74, 6) is 0.105. The van der Waals surface area contributed by atoms with Crippen molar-refractivity contribution >= 4 is 17.2 Å². The van der Waals surface area contributed by atoms with Crippen molar-refractivity contribution in [1.29, 1.82) is 0 Å². The number of nitrogens with one attached hydrogen (secondary N) is 1. The third-order valence-electron chi connectivity index (χ3n) is 4.15. The highest BCUT2D eigenvalue weighted by Crippen LogP contribution is 2.20. The Kier molecular flexibility index (Phi) is 4.90. The number of rotatable bonds is 6. The van der Waals surface area contributed by atoms with Gasteiger partial charge in [0.2, 0.25) is 5.91 Å². The molecule has 1 saturated heterocycles. The first-order chi connectivity index (χ1) is 10.7. The smallest absolute Gasteiger partial charge is 0.234 e. The molecule has 0 aliphatic carbocycles. The molecule has 0 aromatic carbocycles. The van der Waals surface area contributed by atoms with Gasteiger partial charge in [-0.25, -0.2) is 0 Å². The van der Waals surface area contributed by atoms with Gasteiger partial charge in [-0.3, -0.25) is 14.4 Å². The minimum absolute atomic E-state index is 0.0830. The van der Waals surface area contributed by atoms with E-state index in [9.17, 15) is 4.79 Å². The SMILES string of the molecule is C[C@H](NC(=O)CN1CCC[C@H]1Cn1cccn1)c1cccs1. The van der Waals surface area contributed by atoms with Crippen LogP contribution in [0.3, 0.4) is 0 Å². The highest BCUT2D eigenvalue weighted by molar-refractivity contribution is 7.10. The van der Waals surface area contributed by atoms with Crippen LogP contribution in [0.4, 0.5) is 0 Å². The molecule has 6 heteroatoms. The van der Waals surface area contributed by atoms with Crippen LogP contribution in [0.5, 0.6) is 0 Å². The molecule has 1 fully saturated rings. The minimum Gasteiger partial charge on any atom is -0.348 e. The molecule has 3 rings (SSSR count). The van der Waals surface area contributed by atoms with Crippen LogP contribution >= 0.6 is 11.3 Å². The summed E-state index contributed by atoms with van der Waals surface area (Å²) >= 11 is 1.68. The number of thiophene rings is 1. The molecule has 0 spiro atoms. The van der Waals surface area contributed by atoms with Crippen molar-refractivity contribution < 1.29 is 4.79 Å². The van der Waals surface area contributed by atoms with E-state index in [-0.39, 0.29) is 11.9 Å². The molecule has 2 atom stereocenters. The van der Waals surface area contributed by atoms with E-state index >= 15 is 0 Å². The van der Waals surface area contributed by atoms with Gasteiger partial charge < -0.3 is 5.32 Å². The highest BCUT2D eigenvalue weighted by Gasteiger charge is 2.27. The Morgan fingerprint density at radius 2 is 2.45 bits per heavy atom. The Morgan fingerprint density at radius 1 is 1.55 bits per heavy atom. The second kappa shape index (κ2) is 7.07. The van der Waals surface area contributed by atoms with E-state index < -0.39 is 0 Å². The fourth-order valence-corrected chi connectivity index (χ4v) is 3.75. The van der Waals surface area contributed by atoms with E-state index in [1.165, 1.54) is 4.88 Å². The van der Waals surface area contributed by atoms with Gasteiger partial charge >= 0.3 is 0 Å². The summed E-state index contributed by atoms with van der Waals surface area (Å²) in [4.78, 5) is 15.8. The molecule has 0 unspecified atom stereocenters. The lowest BCUT2D eigenvalue weighted by molar-refractivity contribution is -0.123. The van der Waals surface area contributed by atoms with Crippen LogP contribution in [0.25, 0.3) is 0 Å². The standard InChI is InChI=1S/C16H22N4OS/c1-13(15-6-3-10-22-15)18-16(21)12-19-8-2-5-14(19)11-20-9-4-7-17-20/h3-4,6-7,9-10,13-14H,2,5,8,11-12H2,1H3,(H,18,21)/t13-,14-/m0/s1. The van der Waals surface area contributed by atoms with Crippen LogP contribution in [0.15, 0.2) is 36.0 Å². The molecule has 2 aromatic rings. The zero-order valence-corrected chi connectivity index (χ0v) is 13.6. The van der Waals surface area contributed by atoms with Crippen LogP contribution < -0.4 is 5.32 Å². The monoisotopic (exact) mass is 318 g/mol. The summed E-state index contributed by atoms with van der Waals surface area (Å²) < 4.78 is 1.95. The first kappa shape index (κ1) is 15.2. The Hall–Kier alpha value is -1.66. The Morgan fingerprint density at radius 3 is 3.18 bits per heavy atom. The van der Waals surface area contributed by atoms with Crippen LogP contribution in [0.1, 0.15) is 30.7 Å². The molecule has 118 valence electrons. The number of hydrogen-bond acceptors (Lipinski definition) is 4. The fraction of sp³-hybridized carbons (Fsp3) is 0.500. The number of carbonyl (C=O) groups excluding carboxylic acids is 1. The van der Waals surface area contributed by atoms with Crippen LogP contribution in [0.2, 0.25) is 0 Å². The molecule has 1 N–H and O–H groups in total. The van der Waals surface area contributed by atoms with Crippen molar-refractivity contribution in [2.45, 2.75) is 38.4 Å². The van der Waals surface area contributed by atoms with Crippen LogP contribution in [-0.2, 0) is 11.3 Å². The van der Waals surface area contributed by atoms with E-state index in [2.05, 4.69) is 21.4 Å². The van der Waals surface area contributed by atoms with Crippen molar-refractivity contribution in [3.05, 3.63) is 40.8 Å². The van der Waals surface area contributed by atoms with Gasteiger partial charge in [0.05, 0.1) is 19.1 Å². The van der Waals surface area contributed by atoms with Crippen molar-refractivity contribution in [2.75, 3.05) is 13.1 Å². The number of aromatic nitrogens is 2. The Balaban J connectivity index is 1.51. The van der Waals surface area contributed by atoms with E-state index in [1.54, 1.807) is 17.5 Å². The zero-order chi connectivity index (χ0) is 15.4. The van der Waals surface area contributed by atoms with Crippen molar-refractivity contribution in [1.82, 2.24) is 20.0 Å². The maximum Gasteiger partial charge on any atom is 0.234 e. The van der Waals surface area contributed by atoms with E-state index in [0.29, 0.717) is 12.6 Å². The Labute approximate surface area is 134 Å². The van der Waals surface area contributed by atoms with Gasteiger partial charge in [0.1, 0.15) is 0 Å². The fourth-order valence-electron chi connectivity index (χ4n) is 3.01. The highest BCUT2D eigenvalue weighted by atomic mass is 32.1. The normalized spacial score (nSPS) is 20.1. The lowest BCUT2D eigenvalue weighted by Crippen LogP contribution is -2.41. The third-order valence-corrected chi connectivity index (χ3v) is 5.21. The van der Waals surface area contributed by atoms with E-state index in [1.807, 2.05) is 35.3 Å². The zero-order valence-electron chi connectivity index (χ0n) is 12.8. The van der Waals surface area contributed by atoms with Gasteiger partial charge in [0, 0.05) is 23.3 Å². The van der Waals surface area contributed by atoms with Crippen LogP contribution in [0, 0.1) is 0 Å². The maximum atomic E-state index is 12.3. The molecule has 1 amide bonds. The molecule has 1 aliphatic heterocycles. The lowest BCUT2D eigenvalue weighted by atomic mass is 10.2. The Bertz CT molecular complexity index is 581. The van der Waals surface area contributed by atoms with E-state index in [0.717, 1.165) is 25.9 Å². The number of amides is 1. The summed E-state index contributed by atoms with van der Waals surface area (Å²) in [5, 5.41) is 9.40. The topological polar surface area (TPSA) is 50.2 Å². The number of carbonyl (C=O) groups is 1. The third kappa shape index (κ3) is 3.75. The lowest BCUT2D eigenvalue weighted by Gasteiger charge is -2.24. The average molecular weight is 318 g/mol. The first-order valence-corrected chi connectivity index (χ1v) is 8.64. The molecular formula is C16H22N4OS. The minimum atomic E-state index is 0.0830. The largest absolute Gasteiger partial charge is 0.348 e. The molecule has 1 aliphatic rings. The van der Waals surface area contributed by atoms with E-state index in [4.69, 9.17) is 0 Å². The molecule has 0 bridgehead atoms. The van der Waals surface area contributed by atoms with Crippen molar-refractivity contribution in [2.24, 2.45) is 0 Å².